The number of hydrogen-bond donors (Lipinski definition) is 4. The first-order chi connectivity index (χ1) is 16.0. The molecule has 0 amide bonds. The molecule has 0 heterocycles. The summed E-state index contributed by atoms with van der Waals surface area (Å²) in [6.07, 6.45) is 0. The minimum absolute atomic E-state index is 0.183. The summed E-state index contributed by atoms with van der Waals surface area (Å²) in [5, 5.41) is 18.5. The van der Waals surface area contributed by atoms with Crippen molar-refractivity contribution in [2.75, 3.05) is 16.6 Å². The third kappa shape index (κ3) is 5.10. The number of hydrogen-bond acceptors (Lipinski definition) is 7. The van der Waals surface area contributed by atoms with Gasteiger partial charge in [0.2, 0.25) is 0 Å². The molecule has 0 aromatic heterocycles. The number of carbonyl (C=O) groups is 2. The quantitative estimate of drug-likeness (QED) is 0.340. The molecule has 0 radical (unpaired) electrons. The van der Waals surface area contributed by atoms with Crippen LogP contribution in [0.4, 0.5) is 11.4 Å². The predicted molar refractivity (Wildman–Crippen MR) is 121 cm³/mol. The second kappa shape index (κ2) is 9.41. The third-order valence-corrected chi connectivity index (χ3v) is 7.31. The molecule has 0 unspecified atom stereocenters. The summed E-state index contributed by atoms with van der Waals surface area (Å²) in [6.45, 7) is 0. The van der Waals surface area contributed by atoms with Gasteiger partial charge in [0, 0.05) is 6.07 Å². The van der Waals surface area contributed by atoms with E-state index in [0.29, 0.717) is 0 Å². The van der Waals surface area contributed by atoms with Crippen LogP contribution in [0, 0.1) is 0 Å². The fourth-order valence-electron chi connectivity index (χ4n) is 2.96. The van der Waals surface area contributed by atoms with Gasteiger partial charge in [0.1, 0.15) is 10.6 Å². The first kappa shape index (κ1) is 24.5. The average molecular weight is 507 g/mol. The molecule has 0 aliphatic carbocycles. The summed E-state index contributed by atoms with van der Waals surface area (Å²) in [4.78, 5) is 21.9. The number of ether oxygens (including phenoxy) is 1. The highest BCUT2D eigenvalue weighted by Crippen LogP contribution is 2.30. The summed E-state index contributed by atoms with van der Waals surface area (Å²) in [7, 11) is -7.58. The van der Waals surface area contributed by atoms with Gasteiger partial charge in [0.15, 0.2) is 0 Å². The van der Waals surface area contributed by atoms with Crippen LogP contribution in [0.15, 0.2) is 76.5 Å². The minimum Gasteiger partial charge on any atom is -0.495 e. The van der Waals surface area contributed by atoms with Crippen molar-refractivity contribution >= 4 is 43.4 Å². The van der Waals surface area contributed by atoms with Gasteiger partial charge in [-0.25, -0.2) is 26.4 Å². The molecule has 0 bridgehead atoms. The summed E-state index contributed by atoms with van der Waals surface area (Å²) < 4.78 is 60.9. The Hall–Kier alpha value is -4.10. The molecular formula is C21H18N2O9S2. The van der Waals surface area contributed by atoms with E-state index >= 15 is 0 Å². The van der Waals surface area contributed by atoms with E-state index < -0.39 is 41.8 Å². The van der Waals surface area contributed by atoms with Crippen LogP contribution in [0.3, 0.4) is 0 Å². The molecule has 0 atom stereocenters. The van der Waals surface area contributed by atoms with E-state index in [-0.39, 0.29) is 28.3 Å². The molecular weight excluding hydrogens is 488 g/mol. The zero-order valence-corrected chi connectivity index (χ0v) is 19.1. The number of aromatic carboxylic acids is 2. The number of methoxy groups -OCH3 is 1. The lowest BCUT2D eigenvalue weighted by Crippen LogP contribution is -2.18. The fourth-order valence-corrected chi connectivity index (χ4v) is 5.28. The van der Waals surface area contributed by atoms with Crippen molar-refractivity contribution in [3.05, 3.63) is 77.9 Å². The Labute approximate surface area is 194 Å². The van der Waals surface area contributed by atoms with E-state index in [2.05, 4.69) is 9.44 Å². The van der Waals surface area contributed by atoms with Crippen molar-refractivity contribution in [2.45, 2.75) is 9.79 Å². The van der Waals surface area contributed by atoms with E-state index in [1.54, 1.807) is 0 Å². The van der Waals surface area contributed by atoms with Crippen LogP contribution in [-0.2, 0) is 20.0 Å². The molecule has 13 heteroatoms. The molecule has 3 rings (SSSR count). The molecule has 178 valence electrons. The van der Waals surface area contributed by atoms with E-state index in [0.717, 1.165) is 25.3 Å². The van der Waals surface area contributed by atoms with Crippen LogP contribution in [0.25, 0.3) is 0 Å². The van der Waals surface area contributed by atoms with Gasteiger partial charge in [0.05, 0.1) is 34.5 Å². The Morgan fingerprint density at radius 1 is 0.735 bits per heavy atom. The SMILES string of the molecule is COc1cc(S(=O)(=O)Nc2ccccc2C(=O)O)ccc1S(=O)(=O)Nc1ccccc1C(=O)O. The molecule has 11 nitrogen and oxygen atoms in total. The van der Waals surface area contributed by atoms with Crippen molar-refractivity contribution in [1.29, 1.82) is 0 Å². The van der Waals surface area contributed by atoms with Crippen LogP contribution in [0.2, 0.25) is 0 Å². The van der Waals surface area contributed by atoms with Crippen LogP contribution in [0.1, 0.15) is 20.7 Å². The smallest absolute Gasteiger partial charge is 0.337 e. The number of sulfonamides is 2. The normalized spacial score (nSPS) is 11.4. The molecule has 0 saturated carbocycles. The van der Waals surface area contributed by atoms with Crippen LogP contribution in [-0.4, -0.2) is 46.1 Å². The summed E-state index contributed by atoms with van der Waals surface area (Å²) in [6, 6.07) is 13.6. The molecule has 3 aromatic rings. The van der Waals surface area contributed by atoms with E-state index in [1.165, 1.54) is 48.5 Å². The maximum atomic E-state index is 12.9. The second-order valence-corrected chi connectivity index (χ2v) is 10.1. The summed E-state index contributed by atoms with van der Waals surface area (Å²) in [5.41, 5.74) is -0.942. The number of nitrogens with one attached hydrogen (secondary N) is 2. The lowest BCUT2D eigenvalue weighted by molar-refractivity contribution is 0.0687. The lowest BCUT2D eigenvalue weighted by atomic mass is 10.2. The van der Waals surface area contributed by atoms with Gasteiger partial charge in [-0.3, -0.25) is 9.44 Å². The maximum absolute atomic E-state index is 12.9. The third-order valence-electron chi connectivity index (χ3n) is 4.54. The molecule has 4 N–H and O–H groups in total. The largest absolute Gasteiger partial charge is 0.495 e. The van der Waals surface area contributed by atoms with E-state index in [1.807, 2.05) is 0 Å². The molecule has 3 aromatic carbocycles. The minimum atomic E-state index is -4.38. The molecule has 0 aliphatic heterocycles. The Morgan fingerprint density at radius 3 is 1.68 bits per heavy atom. The molecule has 0 aliphatic rings. The number of carboxylic acid groups (broad SMARTS) is 2. The predicted octanol–water partition coefficient (Wildman–Crippen LogP) is 2.69. The van der Waals surface area contributed by atoms with E-state index in [9.17, 15) is 36.6 Å². The van der Waals surface area contributed by atoms with Gasteiger partial charge in [-0.2, -0.15) is 0 Å². The van der Waals surface area contributed by atoms with Gasteiger partial charge in [-0.1, -0.05) is 24.3 Å². The van der Waals surface area contributed by atoms with Gasteiger partial charge in [-0.15, -0.1) is 0 Å². The van der Waals surface area contributed by atoms with Gasteiger partial charge in [-0.05, 0) is 36.4 Å². The van der Waals surface area contributed by atoms with Gasteiger partial charge in [0.25, 0.3) is 20.0 Å². The zero-order chi connectivity index (χ0) is 25.1. The van der Waals surface area contributed by atoms with Crippen molar-refractivity contribution in [3.63, 3.8) is 0 Å². The topological polar surface area (TPSA) is 176 Å². The fraction of sp³-hybridized carbons (Fsp3) is 0.0476. The summed E-state index contributed by atoms with van der Waals surface area (Å²) in [5.74, 6) is -3.03. The highest BCUT2D eigenvalue weighted by molar-refractivity contribution is 7.93. The number of rotatable bonds is 9. The highest BCUT2D eigenvalue weighted by Gasteiger charge is 2.25. The van der Waals surface area contributed by atoms with Crippen LogP contribution < -0.4 is 14.2 Å². The Morgan fingerprint density at radius 2 is 1.21 bits per heavy atom. The van der Waals surface area contributed by atoms with Crippen LogP contribution >= 0.6 is 0 Å². The van der Waals surface area contributed by atoms with Gasteiger partial charge >= 0.3 is 11.9 Å². The Kier molecular flexibility index (Phi) is 6.79. The van der Waals surface area contributed by atoms with Gasteiger partial charge < -0.3 is 14.9 Å². The first-order valence-electron chi connectivity index (χ1n) is 9.34. The van der Waals surface area contributed by atoms with Crippen molar-refractivity contribution in [1.82, 2.24) is 0 Å². The Balaban J connectivity index is 1.99. The summed E-state index contributed by atoms with van der Waals surface area (Å²) >= 11 is 0. The number of anilines is 2. The Bertz CT molecular complexity index is 1480. The molecule has 0 spiro atoms. The number of carboxylic acids is 2. The van der Waals surface area contributed by atoms with Crippen molar-refractivity contribution in [3.8, 4) is 5.75 Å². The average Bonchev–Trinajstić information content (AvgIpc) is 2.78. The second-order valence-electron chi connectivity index (χ2n) is 6.73. The van der Waals surface area contributed by atoms with E-state index in [4.69, 9.17) is 4.74 Å². The molecule has 0 saturated heterocycles. The monoisotopic (exact) mass is 506 g/mol. The standard InChI is InChI=1S/C21H18N2O9S2/c1-32-18-12-13(33(28,29)22-16-8-4-2-6-14(16)20(24)25)10-11-19(18)34(30,31)23-17-9-5-3-7-15(17)21(26)27/h2-12,22-23H,1H3,(H,24,25)(H,26,27). The number of benzene rings is 3. The van der Waals surface area contributed by atoms with Crippen molar-refractivity contribution in [2.24, 2.45) is 0 Å². The number of para-hydroxylation sites is 2. The lowest BCUT2D eigenvalue weighted by Gasteiger charge is -2.15. The maximum Gasteiger partial charge on any atom is 0.337 e. The first-order valence-corrected chi connectivity index (χ1v) is 12.3. The molecule has 34 heavy (non-hydrogen) atoms. The highest BCUT2D eigenvalue weighted by atomic mass is 32.2. The zero-order valence-electron chi connectivity index (χ0n) is 17.4. The molecule has 0 fully saturated rings. The van der Waals surface area contributed by atoms with Crippen LogP contribution in [0.5, 0.6) is 5.75 Å². The van der Waals surface area contributed by atoms with Crippen molar-refractivity contribution < 1.29 is 41.4 Å².